The smallest absolute Gasteiger partial charge is 0.327 e. The van der Waals surface area contributed by atoms with Gasteiger partial charge in [-0.25, -0.2) is 9.18 Å². The molecule has 0 amide bonds. The van der Waals surface area contributed by atoms with Gasteiger partial charge in [0.2, 0.25) is 0 Å². The normalized spacial score (nSPS) is 12.0. The number of nitrogens with one attached hydrogen (secondary N) is 1. The van der Waals surface area contributed by atoms with Gasteiger partial charge in [-0.2, -0.15) is 0 Å². The van der Waals surface area contributed by atoms with E-state index in [0.29, 0.717) is 12.1 Å². The molecule has 2 rings (SSSR count). The molecule has 4 heteroatoms. The Balaban J connectivity index is 2.12. The summed E-state index contributed by atoms with van der Waals surface area (Å²) < 4.78 is 18.4. The highest BCUT2D eigenvalue weighted by atomic mass is 19.1. The first-order valence-corrected chi connectivity index (χ1v) is 6.73. The lowest BCUT2D eigenvalue weighted by Gasteiger charge is -2.17. The molecule has 0 aliphatic heterocycles. The zero-order valence-electron chi connectivity index (χ0n) is 12.1. The molecule has 110 valence electrons. The fourth-order valence-electron chi connectivity index (χ4n) is 2.07. The summed E-state index contributed by atoms with van der Waals surface area (Å²) in [7, 11) is 1.35. The molecule has 0 heterocycles. The Morgan fingerprint density at radius 3 is 2.57 bits per heavy atom. The van der Waals surface area contributed by atoms with Crippen molar-refractivity contribution in [2.75, 3.05) is 7.11 Å². The van der Waals surface area contributed by atoms with Crippen LogP contribution in [0.1, 0.15) is 22.7 Å². The summed E-state index contributed by atoms with van der Waals surface area (Å²) in [5.74, 6) is -0.614. The fourth-order valence-corrected chi connectivity index (χ4v) is 2.07. The molecule has 0 aliphatic carbocycles. The van der Waals surface area contributed by atoms with E-state index in [9.17, 15) is 9.18 Å². The van der Waals surface area contributed by atoms with Crippen molar-refractivity contribution in [3.05, 3.63) is 71.0 Å². The highest BCUT2D eigenvalue weighted by molar-refractivity contribution is 5.77. The van der Waals surface area contributed by atoms with Gasteiger partial charge in [0.15, 0.2) is 0 Å². The van der Waals surface area contributed by atoms with Crippen LogP contribution >= 0.6 is 0 Å². The van der Waals surface area contributed by atoms with E-state index in [-0.39, 0.29) is 11.8 Å². The van der Waals surface area contributed by atoms with Gasteiger partial charge in [0.05, 0.1) is 7.11 Å². The SMILES string of the molecule is COC(=O)C(NCc1ccc(C)c(F)c1)c1ccccc1. The Kier molecular flexibility index (Phi) is 5.06. The van der Waals surface area contributed by atoms with Gasteiger partial charge < -0.3 is 4.74 Å². The zero-order valence-corrected chi connectivity index (χ0v) is 12.1. The number of aryl methyl sites for hydroxylation is 1. The molecule has 0 radical (unpaired) electrons. The maximum absolute atomic E-state index is 13.5. The third-order valence-corrected chi connectivity index (χ3v) is 3.32. The van der Waals surface area contributed by atoms with Gasteiger partial charge in [0, 0.05) is 6.54 Å². The third kappa shape index (κ3) is 3.89. The van der Waals surface area contributed by atoms with Gasteiger partial charge in [-0.3, -0.25) is 5.32 Å². The second-order valence-corrected chi connectivity index (χ2v) is 4.83. The molecule has 2 aromatic rings. The van der Waals surface area contributed by atoms with Crippen molar-refractivity contribution in [2.45, 2.75) is 19.5 Å². The fraction of sp³-hybridized carbons (Fsp3) is 0.235. The van der Waals surface area contributed by atoms with E-state index >= 15 is 0 Å². The largest absolute Gasteiger partial charge is 0.468 e. The summed E-state index contributed by atoms with van der Waals surface area (Å²) in [5, 5.41) is 3.11. The van der Waals surface area contributed by atoms with Crippen molar-refractivity contribution in [1.29, 1.82) is 0 Å². The lowest BCUT2D eigenvalue weighted by Crippen LogP contribution is -2.29. The molecular weight excluding hydrogens is 269 g/mol. The highest BCUT2D eigenvalue weighted by Crippen LogP contribution is 2.16. The maximum Gasteiger partial charge on any atom is 0.327 e. The van der Waals surface area contributed by atoms with Gasteiger partial charge in [-0.05, 0) is 29.7 Å². The second kappa shape index (κ2) is 6.99. The van der Waals surface area contributed by atoms with Crippen molar-refractivity contribution >= 4 is 5.97 Å². The van der Waals surface area contributed by atoms with E-state index in [1.807, 2.05) is 36.4 Å². The summed E-state index contributed by atoms with van der Waals surface area (Å²) in [6, 6.07) is 13.8. The molecule has 1 atom stereocenters. The Labute approximate surface area is 123 Å². The first-order chi connectivity index (χ1) is 10.1. The van der Waals surface area contributed by atoms with Crippen LogP contribution in [-0.2, 0) is 16.1 Å². The minimum Gasteiger partial charge on any atom is -0.468 e. The first-order valence-electron chi connectivity index (χ1n) is 6.73. The Bertz CT molecular complexity index is 613. The second-order valence-electron chi connectivity index (χ2n) is 4.83. The van der Waals surface area contributed by atoms with Gasteiger partial charge in [0.1, 0.15) is 11.9 Å². The summed E-state index contributed by atoms with van der Waals surface area (Å²) in [6.07, 6.45) is 0. The number of hydrogen-bond donors (Lipinski definition) is 1. The monoisotopic (exact) mass is 287 g/mol. The van der Waals surface area contributed by atoms with Gasteiger partial charge in [0.25, 0.3) is 0 Å². The molecule has 0 aromatic heterocycles. The van der Waals surface area contributed by atoms with Crippen LogP contribution in [0, 0.1) is 12.7 Å². The number of esters is 1. The minimum atomic E-state index is -0.569. The van der Waals surface area contributed by atoms with E-state index in [1.165, 1.54) is 13.2 Å². The molecule has 0 aliphatic rings. The van der Waals surface area contributed by atoms with E-state index in [4.69, 9.17) is 4.74 Å². The van der Waals surface area contributed by atoms with Crippen LogP contribution in [0.2, 0.25) is 0 Å². The molecule has 0 saturated heterocycles. The molecule has 1 N–H and O–H groups in total. The van der Waals surface area contributed by atoms with Gasteiger partial charge in [-0.1, -0.05) is 42.5 Å². The highest BCUT2D eigenvalue weighted by Gasteiger charge is 2.20. The minimum absolute atomic E-state index is 0.247. The van der Waals surface area contributed by atoms with Crippen LogP contribution < -0.4 is 5.32 Å². The van der Waals surface area contributed by atoms with Crippen LogP contribution in [-0.4, -0.2) is 13.1 Å². The number of carbonyl (C=O) groups excluding carboxylic acids is 1. The number of carbonyl (C=O) groups is 1. The van der Waals surface area contributed by atoms with E-state index in [0.717, 1.165) is 11.1 Å². The number of ether oxygens (including phenoxy) is 1. The van der Waals surface area contributed by atoms with E-state index in [2.05, 4.69) is 5.32 Å². The van der Waals surface area contributed by atoms with Crippen LogP contribution in [0.5, 0.6) is 0 Å². The van der Waals surface area contributed by atoms with Crippen molar-refractivity contribution in [3.63, 3.8) is 0 Å². The Hall–Kier alpha value is -2.20. The molecule has 21 heavy (non-hydrogen) atoms. The lowest BCUT2D eigenvalue weighted by atomic mass is 10.1. The van der Waals surface area contributed by atoms with Crippen LogP contribution in [0.25, 0.3) is 0 Å². The Morgan fingerprint density at radius 2 is 1.95 bits per heavy atom. The van der Waals surface area contributed by atoms with Crippen LogP contribution in [0.4, 0.5) is 4.39 Å². The molecule has 0 fully saturated rings. The first kappa shape index (κ1) is 15.2. The summed E-state index contributed by atoms with van der Waals surface area (Å²) in [5.41, 5.74) is 2.20. The molecule has 3 nitrogen and oxygen atoms in total. The molecule has 0 spiro atoms. The van der Waals surface area contributed by atoms with Crippen molar-refractivity contribution in [3.8, 4) is 0 Å². The number of methoxy groups -OCH3 is 1. The summed E-state index contributed by atoms with van der Waals surface area (Å²) in [4.78, 5) is 11.9. The number of rotatable bonds is 5. The average molecular weight is 287 g/mol. The van der Waals surface area contributed by atoms with Crippen LogP contribution in [0.15, 0.2) is 48.5 Å². The predicted molar refractivity (Wildman–Crippen MR) is 79.2 cm³/mol. The number of hydrogen-bond acceptors (Lipinski definition) is 3. The van der Waals surface area contributed by atoms with E-state index < -0.39 is 6.04 Å². The maximum atomic E-state index is 13.5. The topological polar surface area (TPSA) is 38.3 Å². The average Bonchev–Trinajstić information content (AvgIpc) is 2.51. The molecule has 2 aromatic carbocycles. The predicted octanol–water partition coefficient (Wildman–Crippen LogP) is 3.14. The lowest BCUT2D eigenvalue weighted by molar-refractivity contribution is -0.143. The molecule has 1 unspecified atom stereocenters. The number of halogens is 1. The summed E-state index contributed by atoms with van der Waals surface area (Å²) >= 11 is 0. The van der Waals surface area contributed by atoms with Crippen molar-refractivity contribution in [1.82, 2.24) is 5.32 Å². The quantitative estimate of drug-likeness (QED) is 0.859. The van der Waals surface area contributed by atoms with Crippen LogP contribution in [0.3, 0.4) is 0 Å². The van der Waals surface area contributed by atoms with E-state index in [1.54, 1.807) is 13.0 Å². The molecule has 0 saturated carbocycles. The number of benzene rings is 2. The molecule has 0 bridgehead atoms. The van der Waals surface area contributed by atoms with Gasteiger partial charge >= 0.3 is 5.97 Å². The standard InChI is InChI=1S/C17H18FNO2/c1-12-8-9-13(10-15(12)18)11-19-16(17(20)21-2)14-6-4-3-5-7-14/h3-10,16,19H,11H2,1-2H3. The molecular formula is C17H18FNO2. The Morgan fingerprint density at radius 1 is 1.24 bits per heavy atom. The zero-order chi connectivity index (χ0) is 15.2. The van der Waals surface area contributed by atoms with Crippen molar-refractivity contribution < 1.29 is 13.9 Å². The van der Waals surface area contributed by atoms with Gasteiger partial charge in [-0.15, -0.1) is 0 Å². The summed E-state index contributed by atoms with van der Waals surface area (Å²) in [6.45, 7) is 2.10. The third-order valence-electron chi connectivity index (χ3n) is 3.32. The van der Waals surface area contributed by atoms with Crippen molar-refractivity contribution in [2.24, 2.45) is 0 Å².